The summed E-state index contributed by atoms with van der Waals surface area (Å²) in [6.45, 7) is 4.27. The molecule has 86 valence electrons. The van der Waals surface area contributed by atoms with Gasteiger partial charge in [0.2, 0.25) is 0 Å². The van der Waals surface area contributed by atoms with Gasteiger partial charge in [-0.1, -0.05) is 25.5 Å². The maximum Gasteiger partial charge on any atom is 0.0991 e. The smallest absolute Gasteiger partial charge is 0.0991 e. The summed E-state index contributed by atoms with van der Waals surface area (Å²) in [6, 6.07) is 12.1. The number of rotatable bonds is 3. The van der Waals surface area contributed by atoms with Crippen molar-refractivity contribution < 1.29 is 0 Å². The van der Waals surface area contributed by atoms with Crippen LogP contribution in [-0.4, -0.2) is 4.98 Å². The van der Waals surface area contributed by atoms with Crippen molar-refractivity contribution in [2.75, 3.05) is 0 Å². The lowest BCUT2D eigenvalue weighted by molar-refractivity contribution is 0.888. The van der Waals surface area contributed by atoms with Crippen LogP contribution in [0.25, 0.3) is 11.1 Å². The first kappa shape index (κ1) is 11.5. The second-order valence-corrected chi connectivity index (χ2v) is 4.27. The van der Waals surface area contributed by atoms with Gasteiger partial charge in [-0.05, 0) is 37.1 Å². The van der Waals surface area contributed by atoms with Crippen molar-refractivity contribution >= 4 is 0 Å². The van der Waals surface area contributed by atoms with Crippen molar-refractivity contribution in [2.45, 2.75) is 26.7 Å². The topological polar surface area (TPSA) is 39.6 Å². The summed E-state index contributed by atoms with van der Waals surface area (Å²) in [6.07, 6.45) is 2.23. The van der Waals surface area contributed by atoms with E-state index in [-0.39, 0.29) is 0 Å². The van der Waals surface area contributed by atoms with Crippen molar-refractivity contribution in [2.24, 2.45) is 0 Å². The van der Waals surface area contributed by atoms with Gasteiger partial charge >= 0.3 is 0 Å². The second-order valence-electron chi connectivity index (χ2n) is 4.27. The Morgan fingerprint density at radius 3 is 2.53 bits per heavy atom. The molecule has 0 amide bonds. The van der Waals surface area contributed by atoms with Gasteiger partial charge in [0.15, 0.2) is 0 Å². The zero-order chi connectivity index (χ0) is 12.3. The molecule has 2 nitrogen and oxygen atoms in total. The predicted octanol–water partition coefficient (Wildman–Crippen LogP) is 3.81. The van der Waals surface area contributed by atoms with Crippen LogP contribution in [0.4, 0.5) is 0 Å². The minimum Gasteiger partial charge on any atom is -0.362 e. The van der Waals surface area contributed by atoms with Crippen LogP contribution in [0.2, 0.25) is 0 Å². The number of aryl methyl sites for hydroxylation is 2. The molecule has 2 rings (SSSR count). The van der Waals surface area contributed by atoms with E-state index in [2.05, 4.69) is 31.0 Å². The number of nitrogens with one attached hydrogen (secondary N) is 1. The van der Waals surface area contributed by atoms with E-state index in [1.807, 2.05) is 24.3 Å². The summed E-state index contributed by atoms with van der Waals surface area (Å²) in [5.41, 5.74) is 5.58. The van der Waals surface area contributed by atoms with Gasteiger partial charge in [-0.2, -0.15) is 5.26 Å². The van der Waals surface area contributed by atoms with Crippen LogP contribution in [-0.2, 0) is 6.42 Å². The third-order valence-corrected chi connectivity index (χ3v) is 2.91. The molecule has 0 bridgehead atoms. The standard InChI is InChI=1S/C15H16N2/c1-3-4-14-9-15(11(2)17-14)13-7-5-12(10-16)6-8-13/h5-9,17H,3-4H2,1-2H3. The van der Waals surface area contributed by atoms with E-state index in [4.69, 9.17) is 5.26 Å². The summed E-state index contributed by atoms with van der Waals surface area (Å²) in [4.78, 5) is 3.41. The Bertz CT molecular complexity index is 541. The molecular weight excluding hydrogens is 208 g/mol. The van der Waals surface area contributed by atoms with E-state index in [1.165, 1.54) is 22.5 Å². The molecule has 0 aliphatic heterocycles. The molecule has 0 spiro atoms. The van der Waals surface area contributed by atoms with Crippen molar-refractivity contribution in [1.29, 1.82) is 5.26 Å². The van der Waals surface area contributed by atoms with E-state index in [9.17, 15) is 0 Å². The molecule has 0 unspecified atom stereocenters. The number of nitrogens with zero attached hydrogens (tertiary/aromatic N) is 1. The molecule has 1 aromatic heterocycles. The van der Waals surface area contributed by atoms with Crippen LogP contribution in [0.1, 0.15) is 30.3 Å². The van der Waals surface area contributed by atoms with E-state index in [0.717, 1.165) is 12.8 Å². The van der Waals surface area contributed by atoms with Gasteiger partial charge in [-0.3, -0.25) is 0 Å². The summed E-state index contributed by atoms with van der Waals surface area (Å²) in [5.74, 6) is 0. The number of aromatic amines is 1. The fourth-order valence-corrected chi connectivity index (χ4v) is 2.05. The molecular formula is C15H16N2. The lowest BCUT2D eigenvalue weighted by Crippen LogP contribution is -1.81. The highest BCUT2D eigenvalue weighted by atomic mass is 14.7. The van der Waals surface area contributed by atoms with Gasteiger partial charge in [0.05, 0.1) is 11.6 Å². The maximum absolute atomic E-state index is 8.77. The molecule has 0 aliphatic carbocycles. The lowest BCUT2D eigenvalue weighted by Gasteiger charge is -1.99. The van der Waals surface area contributed by atoms with Gasteiger partial charge in [-0.15, -0.1) is 0 Å². The summed E-state index contributed by atoms with van der Waals surface area (Å²) in [7, 11) is 0. The Morgan fingerprint density at radius 1 is 1.24 bits per heavy atom. The number of hydrogen-bond acceptors (Lipinski definition) is 1. The average Bonchev–Trinajstić information content (AvgIpc) is 2.71. The number of benzene rings is 1. The Balaban J connectivity index is 2.35. The molecule has 1 heterocycles. The van der Waals surface area contributed by atoms with Crippen molar-refractivity contribution in [3.05, 3.63) is 47.3 Å². The molecule has 17 heavy (non-hydrogen) atoms. The average molecular weight is 224 g/mol. The normalized spacial score (nSPS) is 10.2. The third kappa shape index (κ3) is 2.39. The summed E-state index contributed by atoms with van der Waals surface area (Å²) < 4.78 is 0. The molecule has 0 aliphatic rings. The Morgan fingerprint density at radius 2 is 1.94 bits per heavy atom. The highest BCUT2D eigenvalue weighted by Gasteiger charge is 2.06. The quantitative estimate of drug-likeness (QED) is 0.846. The summed E-state index contributed by atoms with van der Waals surface area (Å²) in [5, 5.41) is 8.77. The SMILES string of the molecule is CCCc1cc(-c2ccc(C#N)cc2)c(C)[nH]1. The Hall–Kier alpha value is -2.01. The molecule has 2 heteroatoms. The molecule has 1 aromatic carbocycles. The minimum absolute atomic E-state index is 0.704. The van der Waals surface area contributed by atoms with Gasteiger partial charge < -0.3 is 4.98 Å². The zero-order valence-corrected chi connectivity index (χ0v) is 10.2. The number of H-pyrrole nitrogens is 1. The van der Waals surface area contributed by atoms with Crippen LogP contribution in [0.5, 0.6) is 0 Å². The van der Waals surface area contributed by atoms with Crippen molar-refractivity contribution in [3.8, 4) is 17.2 Å². The minimum atomic E-state index is 0.704. The third-order valence-electron chi connectivity index (χ3n) is 2.91. The van der Waals surface area contributed by atoms with Crippen LogP contribution < -0.4 is 0 Å². The Labute approximate surface area is 102 Å². The predicted molar refractivity (Wildman–Crippen MR) is 69.7 cm³/mol. The van der Waals surface area contributed by atoms with Gasteiger partial charge in [0.1, 0.15) is 0 Å². The van der Waals surface area contributed by atoms with Crippen LogP contribution >= 0.6 is 0 Å². The van der Waals surface area contributed by atoms with E-state index in [1.54, 1.807) is 0 Å². The largest absolute Gasteiger partial charge is 0.362 e. The van der Waals surface area contributed by atoms with E-state index < -0.39 is 0 Å². The molecule has 0 saturated carbocycles. The first-order valence-corrected chi connectivity index (χ1v) is 5.93. The molecule has 0 saturated heterocycles. The first-order valence-electron chi connectivity index (χ1n) is 5.93. The van der Waals surface area contributed by atoms with Crippen LogP contribution in [0.3, 0.4) is 0 Å². The van der Waals surface area contributed by atoms with E-state index in [0.29, 0.717) is 5.56 Å². The first-order chi connectivity index (χ1) is 8.24. The molecule has 2 aromatic rings. The maximum atomic E-state index is 8.77. The Kier molecular flexibility index (Phi) is 3.30. The molecule has 0 fully saturated rings. The molecule has 0 radical (unpaired) electrons. The molecule has 1 N–H and O–H groups in total. The number of nitriles is 1. The fourth-order valence-electron chi connectivity index (χ4n) is 2.05. The lowest BCUT2D eigenvalue weighted by atomic mass is 10.0. The monoisotopic (exact) mass is 224 g/mol. The highest BCUT2D eigenvalue weighted by molar-refractivity contribution is 5.67. The zero-order valence-electron chi connectivity index (χ0n) is 10.2. The van der Waals surface area contributed by atoms with Crippen LogP contribution in [0, 0.1) is 18.3 Å². The fraction of sp³-hybridized carbons (Fsp3) is 0.267. The van der Waals surface area contributed by atoms with Crippen molar-refractivity contribution in [1.82, 2.24) is 4.98 Å². The van der Waals surface area contributed by atoms with Gasteiger partial charge in [0, 0.05) is 17.0 Å². The highest BCUT2D eigenvalue weighted by Crippen LogP contribution is 2.25. The number of aromatic nitrogens is 1. The number of hydrogen-bond donors (Lipinski definition) is 1. The van der Waals surface area contributed by atoms with Crippen molar-refractivity contribution in [3.63, 3.8) is 0 Å². The van der Waals surface area contributed by atoms with E-state index >= 15 is 0 Å². The van der Waals surface area contributed by atoms with Gasteiger partial charge in [0.25, 0.3) is 0 Å². The molecule has 0 atom stereocenters. The second kappa shape index (κ2) is 4.88. The summed E-state index contributed by atoms with van der Waals surface area (Å²) >= 11 is 0. The van der Waals surface area contributed by atoms with Gasteiger partial charge in [-0.25, -0.2) is 0 Å². The van der Waals surface area contributed by atoms with Crippen LogP contribution in [0.15, 0.2) is 30.3 Å².